The molecule has 2 unspecified atom stereocenters. The zero-order chi connectivity index (χ0) is 44.4. The van der Waals surface area contributed by atoms with Gasteiger partial charge in [-0.05, 0) is 51.4 Å². The van der Waals surface area contributed by atoms with Gasteiger partial charge in [-0.3, -0.25) is 9.59 Å². The van der Waals surface area contributed by atoms with E-state index in [0.717, 1.165) is 51.4 Å². The molecule has 0 bridgehead atoms. The Morgan fingerprint density at radius 1 is 0.443 bits per heavy atom. The van der Waals surface area contributed by atoms with E-state index in [2.05, 4.69) is 31.3 Å². The van der Waals surface area contributed by atoms with Gasteiger partial charge in [0.1, 0.15) is 0 Å². The van der Waals surface area contributed by atoms with Crippen molar-refractivity contribution < 1.29 is 24.5 Å². The highest BCUT2D eigenvalue weighted by Gasteiger charge is 2.20. The van der Waals surface area contributed by atoms with Crippen LogP contribution in [0.4, 0.5) is 0 Å². The highest BCUT2D eigenvalue weighted by Crippen LogP contribution is 2.17. The van der Waals surface area contributed by atoms with E-state index in [1.165, 1.54) is 218 Å². The number of amides is 1. The number of carbonyl (C=O) groups is 2. The molecule has 1 amide bonds. The smallest absolute Gasteiger partial charge is 0.305 e. The van der Waals surface area contributed by atoms with E-state index in [4.69, 9.17) is 4.74 Å². The molecule has 0 aromatic carbocycles. The molecule has 0 aromatic rings. The van der Waals surface area contributed by atoms with Crippen molar-refractivity contribution in [2.45, 2.75) is 315 Å². The van der Waals surface area contributed by atoms with Gasteiger partial charge in [0.2, 0.25) is 5.91 Å². The maximum atomic E-state index is 12.5. The summed E-state index contributed by atoms with van der Waals surface area (Å²) >= 11 is 0. The van der Waals surface area contributed by atoms with Crippen molar-refractivity contribution in [2.75, 3.05) is 13.2 Å². The van der Waals surface area contributed by atoms with Gasteiger partial charge in [0, 0.05) is 12.8 Å². The molecule has 0 aliphatic carbocycles. The third-order valence-electron chi connectivity index (χ3n) is 12.8. The lowest BCUT2D eigenvalue weighted by molar-refractivity contribution is -0.143. The van der Waals surface area contributed by atoms with Crippen LogP contribution in [0.15, 0.2) is 12.2 Å². The van der Waals surface area contributed by atoms with Gasteiger partial charge in [-0.15, -0.1) is 0 Å². The fourth-order valence-corrected chi connectivity index (χ4v) is 8.58. The molecule has 3 N–H and O–H groups in total. The molecular weight excluding hydrogens is 755 g/mol. The molecule has 0 heterocycles. The van der Waals surface area contributed by atoms with Crippen molar-refractivity contribution in [2.24, 2.45) is 0 Å². The number of nitrogens with one attached hydrogen (secondary N) is 1. The summed E-state index contributed by atoms with van der Waals surface area (Å²) in [5.41, 5.74) is 0. The molecule has 6 heteroatoms. The first kappa shape index (κ1) is 59.6. The van der Waals surface area contributed by atoms with Gasteiger partial charge in [0.25, 0.3) is 0 Å². The Labute approximate surface area is 380 Å². The van der Waals surface area contributed by atoms with Crippen molar-refractivity contribution >= 4 is 11.9 Å². The van der Waals surface area contributed by atoms with Gasteiger partial charge >= 0.3 is 5.97 Å². The van der Waals surface area contributed by atoms with Crippen molar-refractivity contribution in [1.29, 1.82) is 0 Å². The second kappa shape index (κ2) is 51.2. The highest BCUT2D eigenvalue weighted by molar-refractivity contribution is 5.76. The maximum Gasteiger partial charge on any atom is 0.305 e. The average Bonchev–Trinajstić information content (AvgIpc) is 3.26. The quantitative estimate of drug-likeness (QED) is 0.0322. The first-order chi connectivity index (χ1) is 30.0. The Hall–Kier alpha value is -1.40. The van der Waals surface area contributed by atoms with Gasteiger partial charge in [0.05, 0.1) is 25.4 Å². The van der Waals surface area contributed by atoms with Gasteiger partial charge in [-0.2, -0.15) is 0 Å². The molecule has 0 rings (SSSR count). The Balaban J connectivity index is 3.45. The number of allylic oxidation sites excluding steroid dienone is 2. The van der Waals surface area contributed by atoms with Crippen molar-refractivity contribution in [1.82, 2.24) is 5.32 Å². The second-order valence-corrected chi connectivity index (χ2v) is 18.9. The molecule has 6 nitrogen and oxygen atoms in total. The third kappa shape index (κ3) is 47.9. The molecule has 0 aromatic heterocycles. The number of aliphatic hydroxyl groups excluding tert-OH is 2. The standard InChI is InChI=1S/C55H107NO5/c1-3-5-7-9-11-13-15-17-19-21-23-27-31-35-39-43-47-53(58)52(51-57)56-54(59)48-44-40-36-32-28-24-22-26-30-34-38-42-46-50-61-55(60)49-45-41-37-33-29-25-20-18-16-14-12-10-8-6-4-2/h18,20,52-53,57-58H,3-17,19,21-51H2,1-2H3,(H,56,59)/b20-18-. The first-order valence-electron chi connectivity index (χ1n) is 27.4. The monoisotopic (exact) mass is 862 g/mol. The van der Waals surface area contributed by atoms with Crippen LogP contribution in [-0.2, 0) is 14.3 Å². The Bertz CT molecular complexity index is 909. The molecule has 61 heavy (non-hydrogen) atoms. The molecule has 0 saturated heterocycles. The van der Waals surface area contributed by atoms with Crippen LogP contribution in [0.5, 0.6) is 0 Å². The lowest BCUT2D eigenvalue weighted by Gasteiger charge is -2.22. The summed E-state index contributed by atoms with van der Waals surface area (Å²) in [6, 6.07) is -0.550. The number of aliphatic hydroxyl groups is 2. The molecule has 2 atom stereocenters. The number of carbonyl (C=O) groups excluding carboxylic acids is 2. The van der Waals surface area contributed by atoms with E-state index in [9.17, 15) is 19.8 Å². The number of hydrogen-bond acceptors (Lipinski definition) is 5. The summed E-state index contributed by atoms with van der Waals surface area (Å²) < 4.78 is 5.46. The summed E-state index contributed by atoms with van der Waals surface area (Å²) in [6.07, 6.45) is 59.0. The molecule has 0 aliphatic rings. The lowest BCUT2D eigenvalue weighted by Crippen LogP contribution is -2.45. The molecule has 0 aliphatic heterocycles. The van der Waals surface area contributed by atoms with Gasteiger partial charge in [0.15, 0.2) is 0 Å². The Morgan fingerprint density at radius 2 is 0.770 bits per heavy atom. The first-order valence-corrected chi connectivity index (χ1v) is 27.4. The number of esters is 1. The summed E-state index contributed by atoms with van der Waals surface area (Å²) in [5.74, 6) is -0.0589. The summed E-state index contributed by atoms with van der Waals surface area (Å²) in [5, 5.41) is 23.3. The molecule has 0 spiro atoms. The molecule has 362 valence electrons. The zero-order valence-electron chi connectivity index (χ0n) is 41.2. The van der Waals surface area contributed by atoms with Crippen LogP contribution in [0.1, 0.15) is 303 Å². The number of hydrogen-bond donors (Lipinski definition) is 3. The fourth-order valence-electron chi connectivity index (χ4n) is 8.58. The normalized spacial score (nSPS) is 12.7. The number of ether oxygens (including phenoxy) is 1. The van der Waals surface area contributed by atoms with E-state index in [1.54, 1.807) is 0 Å². The maximum absolute atomic E-state index is 12.5. The lowest BCUT2D eigenvalue weighted by atomic mass is 10.0. The van der Waals surface area contributed by atoms with Crippen molar-refractivity contribution in [3.63, 3.8) is 0 Å². The number of rotatable bonds is 51. The van der Waals surface area contributed by atoms with Crippen LogP contribution in [0.2, 0.25) is 0 Å². The minimum atomic E-state index is -0.672. The third-order valence-corrected chi connectivity index (χ3v) is 12.8. The number of unbranched alkanes of at least 4 members (excludes halogenated alkanes) is 38. The van der Waals surface area contributed by atoms with Gasteiger partial charge < -0.3 is 20.3 Å². The van der Waals surface area contributed by atoms with E-state index >= 15 is 0 Å². The van der Waals surface area contributed by atoms with Crippen LogP contribution >= 0.6 is 0 Å². The average molecular weight is 862 g/mol. The predicted molar refractivity (Wildman–Crippen MR) is 264 cm³/mol. The van der Waals surface area contributed by atoms with E-state index in [1.807, 2.05) is 0 Å². The fraction of sp³-hybridized carbons (Fsp3) is 0.927. The van der Waals surface area contributed by atoms with Crippen LogP contribution < -0.4 is 5.32 Å². The zero-order valence-corrected chi connectivity index (χ0v) is 41.2. The molecule has 0 saturated carbocycles. The largest absolute Gasteiger partial charge is 0.466 e. The van der Waals surface area contributed by atoms with Crippen LogP contribution in [0.3, 0.4) is 0 Å². The highest BCUT2D eigenvalue weighted by atomic mass is 16.5. The topological polar surface area (TPSA) is 95.9 Å². The van der Waals surface area contributed by atoms with Gasteiger partial charge in [-0.1, -0.05) is 251 Å². The molecule has 0 fully saturated rings. The van der Waals surface area contributed by atoms with Crippen molar-refractivity contribution in [3.8, 4) is 0 Å². The van der Waals surface area contributed by atoms with Crippen LogP contribution in [0, 0.1) is 0 Å². The van der Waals surface area contributed by atoms with Crippen LogP contribution in [0.25, 0.3) is 0 Å². The van der Waals surface area contributed by atoms with E-state index in [-0.39, 0.29) is 18.5 Å². The predicted octanol–water partition coefficient (Wildman–Crippen LogP) is 16.5. The second-order valence-electron chi connectivity index (χ2n) is 18.9. The Morgan fingerprint density at radius 3 is 1.16 bits per heavy atom. The summed E-state index contributed by atoms with van der Waals surface area (Å²) in [6.45, 7) is 4.93. The van der Waals surface area contributed by atoms with Gasteiger partial charge in [-0.25, -0.2) is 0 Å². The minimum Gasteiger partial charge on any atom is -0.466 e. The van der Waals surface area contributed by atoms with E-state index < -0.39 is 12.1 Å². The molecule has 0 radical (unpaired) electrons. The summed E-state index contributed by atoms with van der Waals surface area (Å²) in [4.78, 5) is 24.5. The van der Waals surface area contributed by atoms with Crippen molar-refractivity contribution in [3.05, 3.63) is 12.2 Å². The summed E-state index contributed by atoms with van der Waals surface area (Å²) in [7, 11) is 0. The molecular formula is C55H107NO5. The SMILES string of the molecule is CCCCCCCC/C=C\CCCCCCCC(=O)OCCCCCCCCCCCCCCCC(=O)NC(CO)C(O)CCCCCCCCCCCCCCCCCC. The Kier molecular flexibility index (Phi) is 50.1. The minimum absolute atomic E-state index is 0.0128. The van der Waals surface area contributed by atoms with Crippen LogP contribution in [-0.4, -0.2) is 47.4 Å². The van der Waals surface area contributed by atoms with E-state index in [0.29, 0.717) is 25.9 Å².